The molecule has 0 fully saturated rings. The van der Waals surface area contributed by atoms with E-state index in [9.17, 15) is 9.59 Å². The highest BCUT2D eigenvalue weighted by atomic mass is 32.1. The molecule has 0 aliphatic carbocycles. The third-order valence-electron chi connectivity index (χ3n) is 5.15. The second kappa shape index (κ2) is 9.11. The molecule has 160 valence electrons. The van der Waals surface area contributed by atoms with E-state index >= 15 is 0 Å². The van der Waals surface area contributed by atoms with Crippen molar-refractivity contribution in [3.63, 3.8) is 0 Å². The first-order valence-corrected chi connectivity index (χ1v) is 10.6. The highest BCUT2D eigenvalue weighted by Crippen LogP contribution is 2.22. The van der Waals surface area contributed by atoms with E-state index < -0.39 is 11.9 Å². The van der Waals surface area contributed by atoms with Crippen molar-refractivity contribution in [1.82, 2.24) is 14.9 Å². The molecule has 0 radical (unpaired) electrons. The molecular weight excluding hydrogens is 420 g/mol. The Balaban J connectivity index is 1.67. The van der Waals surface area contributed by atoms with Gasteiger partial charge in [-0.15, -0.1) is 0 Å². The van der Waals surface area contributed by atoms with Gasteiger partial charge in [-0.25, -0.2) is 4.98 Å². The molecule has 0 bridgehead atoms. The number of anilines is 1. The zero-order valence-corrected chi connectivity index (χ0v) is 18.5. The maximum Gasteiger partial charge on any atom is 0.262 e. The van der Waals surface area contributed by atoms with E-state index in [2.05, 4.69) is 10.6 Å². The molecule has 0 saturated carbocycles. The summed E-state index contributed by atoms with van der Waals surface area (Å²) in [6.07, 6.45) is 0. The van der Waals surface area contributed by atoms with E-state index in [0.29, 0.717) is 16.7 Å². The van der Waals surface area contributed by atoms with Crippen molar-refractivity contribution >= 4 is 39.8 Å². The van der Waals surface area contributed by atoms with Gasteiger partial charge in [0.2, 0.25) is 5.91 Å². The number of rotatable bonds is 4. The SMILES string of the molecule is Cc1ccc(NC(=S)NC(=O)[C@@H](C)n2c(-c3ccccc3)nc3ccccc3c2=O)cc1. The van der Waals surface area contributed by atoms with Crippen molar-refractivity contribution in [3.05, 3.63) is 94.8 Å². The molecule has 0 saturated heterocycles. The smallest absolute Gasteiger partial charge is 0.262 e. The molecule has 3 aromatic carbocycles. The summed E-state index contributed by atoms with van der Waals surface area (Å²) in [5.74, 6) is 0.0142. The van der Waals surface area contributed by atoms with E-state index in [-0.39, 0.29) is 10.7 Å². The monoisotopic (exact) mass is 442 g/mol. The first-order chi connectivity index (χ1) is 15.4. The molecule has 1 amide bonds. The molecule has 0 unspecified atom stereocenters. The lowest BCUT2D eigenvalue weighted by atomic mass is 10.1. The lowest BCUT2D eigenvalue weighted by Gasteiger charge is -2.20. The standard InChI is InChI=1S/C25H22N4O2S/c1-16-12-14-19(15-13-16)26-25(32)28-23(30)17(2)29-22(18-8-4-3-5-9-18)27-21-11-7-6-10-20(21)24(29)31/h3-15,17H,1-2H3,(H2,26,28,30,32)/t17-/m1/s1. The van der Waals surface area contributed by atoms with Crippen LogP contribution in [0.25, 0.3) is 22.3 Å². The lowest BCUT2D eigenvalue weighted by molar-refractivity contribution is -0.122. The number of aromatic nitrogens is 2. The second-order valence-corrected chi connectivity index (χ2v) is 7.89. The summed E-state index contributed by atoms with van der Waals surface area (Å²) in [5.41, 5.74) is 2.93. The summed E-state index contributed by atoms with van der Waals surface area (Å²) >= 11 is 5.30. The first-order valence-electron chi connectivity index (χ1n) is 10.2. The normalized spacial score (nSPS) is 11.7. The van der Waals surface area contributed by atoms with Crippen LogP contribution in [0.15, 0.2) is 83.7 Å². The van der Waals surface area contributed by atoms with Gasteiger partial charge in [-0.2, -0.15) is 0 Å². The van der Waals surface area contributed by atoms with Crippen molar-refractivity contribution in [1.29, 1.82) is 0 Å². The van der Waals surface area contributed by atoms with Crippen LogP contribution in [0.5, 0.6) is 0 Å². The molecule has 0 aliphatic rings. The second-order valence-electron chi connectivity index (χ2n) is 7.48. The number of carbonyl (C=O) groups is 1. The summed E-state index contributed by atoms with van der Waals surface area (Å²) in [5, 5.41) is 6.29. The molecule has 0 spiro atoms. The van der Waals surface area contributed by atoms with Crippen LogP contribution in [0.2, 0.25) is 0 Å². The van der Waals surface area contributed by atoms with Crippen LogP contribution in [0.3, 0.4) is 0 Å². The van der Waals surface area contributed by atoms with Gasteiger partial charge in [0, 0.05) is 11.3 Å². The minimum absolute atomic E-state index is 0.161. The molecule has 32 heavy (non-hydrogen) atoms. The van der Waals surface area contributed by atoms with Crippen molar-refractivity contribution in [2.75, 3.05) is 5.32 Å². The fourth-order valence-corrected chi connectivity index (χ4v) is 3.65. The van der Waals surface area contributed by atoms with E-state index in [4.69, 9.17) is 17.2 Å². The average Bonchev–Trinajstić information content (AvgIpc) is 2.80. The summed E-state index contributed by atoms with van der Waals surface area (Å²) in [6.45, 7) is 3.65. The van der Waals surface area contributed by atoms with Crippen molar-refractivity contribution < 1.29 is 4.79 Å². The topological polar surface area (TPSA) is 76.0 Å². The zero-order chi connectivity index (χ0) is 22.7. The van der Waals surface area contributed by atoms with Gasteiger partial charge in [-0.1, -0.05) is 60.2 Å². The number of hydrogen-bond acceptors (Lipinski definition) is 4. The minimum atomic E-state index is -0.840. The van der Waals surface area contributed by atoms with Gasteiger partial charge in [0.25, 0.3) is 5.56 Å². The van der Waals surface area contributed by atoms with Gasteiger partial charge in [-0.05, 0) is 50.3 Å². The molecule has 2 N–H and O–H groups in total. The molecule has 7 heteroatoms. The minimum Gasteiger partial charge on any atom is -0.332 e. The van der Waals surface area contributed by atoms with E-state index in [1.165, 1.54) is 4.57 Å². The maximum absolute atomic E-state index is 13.4. The van der Waals surface area contributed by atoms with E-state index in [1.54, 1.807) is 25.1 Å². The van der Waals surface area contributed by atoms with Crippen LogP contribution in [0.1, 0.15) is 18.5 Å². The summed E-state index contributed by atoms with van der Waals surface area (Å²) in [7, 11) is 0. The van der Waals surface area contributed by atoms with Gasteiger partial charge in [0.15, 0.2) is 5.11 Å². The maximum atomic E-state index is 13.4. The van der Waals surface area contributed by atoms with Gasteiger partial charge in [0.05, 0.1) is 10.9 Å². The number of thiocarbonyl (C=S) groups is 1. The number of nitrogens with one attached hydrogen (secondary N) is 2. The third-order valence-corrected chi connectivity index (χ3v) is 5.36. The largest absolute Gasteiger partial charge is 0.332 e. The highest BCUT2D eigenvalue weighted by Gasteiger charge is 2.23. The van der Waals surface area contributed by atoms with Crippen LogP contribution < -0.4 is 16.2 Å². The van der Waals surface area contributed by atoms with Crippen LogP contribution in [0.4, 0.5) is 5.69 Å². The van der Waals surface area contributed by atoms with Gasteiger partial charge >= 0.3 is 0 Å². The Morgan fingerprint density at radius 3 is 2.34 bits per heavy atom. The van der Waals surface area contributed by atoms with E-state index in [0.717, 1.165) is 16.8 Å². The Hall–Kier alpha value is -3.84. The molecule has 1 atom stereocenters. The molecule has 0 aliphatic heterocycles. The van der Waals surface area contributed by atoms with Crippen molar-refractivity contribution in [2.24, 2.45) is 0 Å². The Labute approximate surface area is 190 Å². The zero-order valence-electron chi connectivity index (χ0n) is 17.7. The van der Waals surface area contributed by atoms with Gasteiger partial charge < -0.3 is 10.6 Å². The number of amides is 1. The molecule has 4 rings (SSSR count). The molecule has 6 nitrogen and oxygen atoms in total. The van der Waals surface area contributed by atoms with Crippen molar-refractivity contribution in [2.45, 2.75) is 19.9 Å². The fourth-order valence-electron chi connectivity index (χ4n) is 3.43. The van der Waals surface area contributed by atoms with Crippen molar-refractivity contribution in [3.8, 4) is 11.4 Å². The predicted molar refractivity (Wildman–Crippen MR) is 132 cm³/mol. The lowest BCUT2D eigenvalue weighted by Crippen LogP contribution is -2.41. The van der Waals surface area contributed by atoms with Gasteiger partial charge in [-0.3, -0.25) is 14.2 Å². The summed E-state index contributed by atoms with van der Waals surface area (Å²) < 4.78 is 1.42. The number of fused-ring (bicyclic) bond motifs is 1. The Morgan fingerprint density at radius 1 is 0.969 bits per heavy atom. The Morgan fingerprint density at radius 2 is 1.62 bits per heavy atom. The number of para-hydroxylation sites is 1. The van der Waals surface area contributed by atoms with Crippen LogP contribution >= 0.6 is 12.2 Å². The van der Waals surface area contributed by atoms with Gasteiger partial charge in [0.1, 0.15) is 11.9 Å². The molecule has 1 heterocycles. The fraction of sp³-hybridized carbons (Fsp3) is 0.120. The Bertz CT molecular complexity index is 1350. The molecule has 4 aromatic rings. The van der Waals surface area contributed by atoms with Crippen LogP contribution in [-0.4, -0.2) is 20.6 Å². The van der Waals surface area contributed by atoms with Crippen LogP contribution in [0, 0.1) is 6.92 Å². The number of aryl methyl sites for hydroxylation is 1. The summed E-state index contributed by atoms with van der Waals surface area (Å²) in [4.78, 5) is 31.1. The van der Waals surface area contributed by atoms with E-state index in [1.807, 2.05) is 67.6 Å². The third kappa shape index (κ3) is 4.43. The summed E-state index contributed by atoms with van der Waals surface area (Å²) in [6, 6.07) is 23.3. The number of carbonyl (C=O) groups excluding carboxylic acids is 1. The predicted octanol–water partition coefficient (Wildman–Crippen LogP) is 4.45. The van der Waals surface area contributed by atoms with Crippen LogP contribution in [-0.2, 0) is 4.79 Å². The number of hydrogen-bond donors (Lipinski definition) is 2. The Kier molecular flexibility index (Phi) is 6.09. The first kappa shape index (κ1) is 21.4. The molecule has 1 aromatic heterocycles. The average molecular weight is 443 g/mol. The highest BCUT2D eigenvalue weighted by molar-refractivity contribution is 7.80. The quantitative estimate of drug-likeness (QED) is 0.457. The molecular formula is C25H22N4O2S. The number of nitrogens with zero attached hydrogens (tertiary/aromatic N) is 2. The number of benzene rings is 3.